The van der Waals surface area contributed by atoms with Crippen LogP contribution < -0.4 is 4.74 Å². The number of ether oxygens (including phenoxy) is 1. The third kappa shape index (κ3) is 3.91. The lowest BCUT2D eigenvalue weighted by Gasteiger charge is -2.20. The predicted octanol–water partition coefficient (Wildman–Crippen LogP) is 2.22. The minimum atomic E-state index is -3.58. The summed E-state index contributed by atoms with van der Waals surface area (Å²) in [7, 11) is -0.407. The lowest BCUT2D eigenvalue weighted by molar-refractivity contribution is 0.409. The Kier molecular flexibility index (Phi) is 5.90. The fourth-order valence-corrected chi connectivity index (χ4v) is 3.88. The number of rotatable bonds is 7. The molecule has 0 spiro atoms. The molecular weight excluding hydrogens is 326 g/mol. The second-order valence-electron chi connectivity index (χ2n) is 5.52. The number of hydrogen-bond acceptors (Lipinski definition) is 5. The molecule has 0 saturated carbocycles. The summed E-state index contributed by atoms with van der Waals surface area (Å²) in [5, 5.41) is 0. The molecule has 0 unspecified atom stereocenters. The zero-order valence-corrected chi connectivity index (χ0v) is 15.3. The van der Waals surface area contributed by atoms with Gasteiger partial charge in [0, 0.05) is 32.4 Å². The molecule has 0 saturated heterocycles. The first-order valence-electron chi connectivity index (χ1n) is 7.80. The molecule has 2 aromatic rings. The summed E-state index contributed by atoms with van der Waals surface area (Å²) >= 11 is 0. The Balaban J connectivity index is 2.25. The second kappa shape index (κ2) is 7.72. The van der Waals surface area contributed by atoms with Gasteiger partial charge in [0.25, 0.3) is 0 Å². The Morgan fingerprint density at radius 3 is 2.46 bits per heavy atom. The van der Waals surface area contributed by atoms with Crippen LogP contribution >= 0.6 is 0 Å². The molecule has 1 aromatic carbocycles. The van der Waals surface area contributed by atoms with Gasteiger partial charge in [0.15, 0.2) is 0 Å². The third-order valence-electron chi connectivity index (χ3n) is 3.92. The second-order valence-corrected chi connectivity index (χ2v) is 7.54. The van der Waals surface area contributed by atoms with Crippen molar-refractivity contribution < 1.29 is 13.2 Å². The van der Waals surface area contributed by atoms with Gasteiger partial charge in [-0.2, -0.15) is 0 Å². The number of benzene rings is 1. The molecule has 0 aliphatic heterocycles. The van der Waals surface area contributed by atoms with Gasteiger partial charge in [-0.05, 0) is 42.7 Å². The van der Waals surface area contributed by atoms with E-state index in [4.69, 9.17) is 4.74 Å². The van der Waals surface area contributed by atoms with Crippen LogP contribution in [0.2, 0.25) is 0 Å². The molecule has 0 aliphatic carbocycles. The predicted molar refractivity (Wildman–Crippen MR) is 92.7 cm³/mol. The first kappa shape index (κ1) is 18.4. The van der Waals surface area contributed by atoms with Crippen LogP contribution in [0.3, 0.4) is 0 Å². The standard InChI is InChI=1S/C17H23N3O3S/c1-5-14-12-16(13(2)11-15(14)23-4)24(21,22)20(3)10-7-17-18-8-6-9-19-17/h6,8-9,11-12H,5,7,10H2,1-4H3. The van der Waals surface area contributed by atoms with Gasteiger partial charge in [-0.15, -0.1) is 0 Å². The van der Waals surface area contributed by atoms with E-state index in [2.05, 4.69) is 9.97 Å². The van der Waals surface area contributed by atoms with E-state index in [1.807, 2.05) is 6.92 Å². The van der Waals surface area contributed by atoms with Gasteiger partial charge in [0.2, 0.25) is 10.0 Å². The van der Waals surface area contributed by atoms with Crippen molar-refractivity contribution in [3.8, 4) is 5.75 Å². The van der Waals surface area contributed by atoms with Crippen LogP contribution in [0.25, 0.3) is 0 Å². The van der Waals surface area contributed by atoms with Crippen LogP contribution in [0.4, 0.5) is 0 Å². The molecule has 0 aliphatic rings. The van der Waals surface area contributed by atoms with E-state index in [1.54, 1.807) is 51.7 Å². The van der Waals surface area contributed by atoms with Crippen molar-refractivity contribution in [1.82, 2.24) is 14.3 Å². The summed E-state index contributed by atoms with van der Waals surface area (Å²) in [6.45, 7) is 4.07. The van der Waals surface area contributed by atoms with Gasteiger partial charge < -0.3 is 4.74 Å². The maximum Gasteiger partial charge on any atom is 0.243 e. The first-order valence-corrected chi connectivity index (χ1v) is 9.24. The lowest BCUT2D eigenvalue weighted by Crippen LogP contribution is -2.30. The largest absolute Gasteiger partial charge is 0.496 e. The molecule has 1 heterocycles. The van der Waals surface area contributed by atoms with Crippen molar-refractivity contribution in [1.29, 1.82) is 0 Å². The van der Waals surface area contributed by atoms with Gasteiger partial charge in [0.1, 0.15) is 11.6 Å². The Labute approximate surface area is 143 Å². The van der Waals surface area contributed by atoms with E-state index in [-0.39, 0.29) is 0 Å². The summed E-state index contributed by atoms with van der Waals surface area (Å²) in [6, 6.07) is 5.22. The van der Waals surface area contributed by atoms with Crippen molar-refractivity contribution in [2.75, 3.05) is 20.7 Å². The molecule has 0 atom stereocenters. The summed E-state index contributed by atoms with van der Waals surface area (Å²) in [5.74, 6) is 1.34. The van der Waals surface area contributed by atoms with E-state index >= 15 is 0 Å². The highest BCUT2D eigenvalue weighted by atomic mass is 32.2. The van der Waals surface area contributed by atoms with Gasteiger partial charge in [-0.1, -0.05) is 6.92 Å². The number of aryl methyl sites for hydroxylation is 2. The van der Waals surface area contributed by atoms with Crippen molar-refractivity contribution in [2.24, 2.45) is 0 Å². The van der Waals surface area contributed by atoms with E-state index in [1.165, 1.54) is 4.31 Å². The van der Waals surface area contributed by atoms with Crippen LogP contribution in [0.1, 0.15) is 23.9 Å². The molecule has 0 N–H and O–H groups in total. The van der Waals surface area contributed by atoms with Gasteiger partial charge in [-0.3, -0.25) is 0 Å². The third-order valence-corrected chi connectivity index (χ3v) is 5.92. The van der Waals surface area contributed by atoms with Crippen LogP contribution in [-0.2, 0) is 22.9 Å². The normalized spacial score (nSPS) is 11.7. The van der Waals surface area contributed by atoms with Gasteiger partial charge >= 0.3 is 0 Å². The van der Waals surface area contributed by atoms with Crippen LogP contribution in [0.15, 0.2) is 35.5 Å². The maximum atomic E-state index is 12.9. The fourth-order valence-electron chi connectivity index (χ4n) is 2.45. The van der Waals surface area contributed by atoms with Crippen LogP contribution in [0.5, 0.6) is 5.75 Å². The summed E-state index contributed by atoms with van der Waals surface area (Å²) < 4.78 is 32.4. The summed E-state index contributed by atoms with van der Waals surface area (Å²) in [6.07, 6.45) is 4.47. The highest BCUT2D eigenvalue weighted by molar-refractivity contribution is 7.89. The Morgan fingerprint density at radius 1 is 1.21 bits per heavy atom. The number of sulfonamides is 1. The molecule has 2 rings (SSSR count). The van der Waals surface area contributed by atoms with Crippen molar-refractivity contribution >= 4 is 10.0 Å². The van der Waals surface area contributed by atoms with E-state index in [9.17, 15) is 8.42 Å². The molecule has 7 heteroatoms. The zero-order valence-electron chi connectivity index (χ0n) is 14.5. The first-order chi connectivity index (χ1) is 11.4. The summed E-state index contributed by atoms with van der Waals surface area (Å²) in [4.78, 5) is 8.56. The van der Waals surface area contributed by atoms with E-state index in [0.29, 0.717) is 41.4 Å². The number of likely N-dealkylation sites (N-methyl/N-ethyl adjacent to an activating group) is 1. The number of hydrogen-bond donors (Lipinski definition) is 0. The molecule has 24 heavy (non-hydrogen) atoms. The van der Waals surface area contributed by atoms with Crippen LogP contribution in [-0.4, -0.2) is 43.4 Å². The quantitative estimate of drug-likeness (QED) is 0.766. The summed E-state index contributed by atoms with van der Waals surface area (Å²) in [5.41, 5.74) is 1.55. The van der Waals surface area contributed by atoms with Crippen LogP contribution in [0, 0.1) is 6.92 Å². The number of nitrogens with zero attached hydrogens (tertiary/aromatic N) is 3. The number of aromatic nitrogens is 2. The van der Waals surface area contributed by atoms with E-state index < -0.39 is 10.0 Å². The van der Waals surface area contributed by atoms with Crippen molar-refractivity contribution in [3.63, 3.8) is 0 Å². The SMILES string of the molecule is CCc1cc(S(=O)(=O)N(C)CCc2ncccn2)c(C)cc1OC. The number of methoxy groups -OCH3 is 1. The minimum Gasteiger partial charge on any atom is -0.496 e. The Bertz CT molecular complexity index is 792. The minimum absolute atomic E-state index is 0.316. The smallest absolute Gasteiger partial charge is 0.243 e. The molecule has 0 amide bonds. The molecule has 0 fully saturated rings. The monoisotopic (exact) mass is 349 g/mol. The molecule has 0 radical (unpaired) electrons. The zero-order chi connectivity index (χ0) is 17.7. The fraction of sp³-hybridized carbons (Fsp3) is 0.412. The van der Waals surface area contributed by atoms with Crippen molar-refractivity contribution in [3.05, 3.63) is 47.5 Å². The average Bonchev–Trinajstić information content (AvgIpc) is 2.59. The highest BCUT2D eigenvalue weighted by Gasteiger charge is 2.24. The van der Waals surface area contributed by atoms with Gasteiger partial charge in [-0.25, -0.2) is 22.7 Å². The Hall–Kier alpha value is -1.99. The molecule has 130 valence electrons. The molecule has 1 aromatic heterocycles. The van der Waals surface area contributed by atoms with E-state index in [0.717, 1.165) is 5.56 Å². The molecular formula is C17H23N3O3S. The Morgan fingerprint density at radius 2 is 1.88 bits per heavy atom. The lowest BCUT2D eigenvalue weighted by atomic mass is 10.1. The molecule has 0 bridgehead atoms. The van der Waals surface area contributed by atoms with Crippen molar-refractivity contribution in [2.45, 2.75) is 31.6 Å². The topological polar surface area (TPSA) is 72.4 Å². The van der Waals surface area contributed by atoms with Gasteiger partial charge in [0.05, 0.1) is 12.0 Å². The molecule has 6 nitrogen and oxygen atoms in total. The average molecular weight is 349 g/mol. The highest BCUT2D eigenvalue weighted by Crippen LogP contribution is 2.28. The maximum absolute atomic E-state index is 12.9.